The number of imide groups is 1. The van der Waals surface area contributed by atoms with Gasteiger partial charge < -0.3 is 49.6 Å². The molecule has 2 aliphatic rings. The molecule has 3 aromatic carbocycles. The lowest BCUT2D eigenvalue weighted by Gasteiger charge is -2.24. The van der Waals surface area contributed by atoms with Gasteiger partial charge in [0.05, 0.1) is 45.2 Å². The van der Waals surface area contributed by atoms with Crippen LogP contribution in [0.15, 0.2) is 66.7 Å². The van der Waals surface area contributed by atoms with E-state index in [1.165, 1.54) is 44.6 Å². The number of thiophene rings is 1. The number of ketones is 1. The van der Waals surface area contributed by atoms with Gasteiger partial charge in [0, 0.05) is 73.9 Å². The molecular formula is C54H63N5O15S. The van der Waals surface area contributed by atoms with E-state index in [0.29, 0.717) is 77.9 Å². The third-order valence-electron chi connectivity index (χ3n) is 12.4. The van der Waals surface area contributed by atoms with E-state index in [9.17, 15) is 43.2 Å². The number of unbranched alkanes of at least 4 members (excludes halogenated alkanes) is 2. The highest BCUT2D eigenvalue weighted by Gasteiger charge is 2.29. The summed E-state index contributed by atoms with van der Waals surface area (Å²) in [5, 5.41) is 17.9. The van der Waals surface area contributed by atoms with Crippen LogP contribution in [0.4, 0.5) is 5.69 Å². The number of amides is 6. The van der Waals surface area contributed by atoms with Gasteiger partial charge in [-0.3, -0.25) is 48.1 Å². The number of anilines is 1. The number of carbonyl (C=O) groups is 9. The average molecular weight is 1050 g/mol. The molecule has 1 aromatic heterocycles. The van der Waals surface area contributed by atoms with Crippen LogP contribution < -0.4 is 34.9 Å². The molecule has 6 rings (SSSR count). The van der Waals surface area contributed by atoms with Crippen LogP contribution in [-0.4, -0.2) is 114 Å². The van der Waals surface area contributed by atoms with Gasteiger partial charge in [-0.1, -0.05) is 32.4 Å². The zero-order valence-electron chi connectivity index (χ0n) is 42.7. The van der Waals surface area contributed by atoms with Crippen molar-refractivity contribution >= 4 is 80.3 Å². The van der Waals surface area contributed by atoms with Crippen molar-refractivity contribution in [2.24, 2.45) is 5.92 Å². The highest BCUT2D eigenvalue weighted by Crippen LogP contribution is 2.38. The number of carboxylic acid groups (broad SMARTS) is 1. The molecule has 4 aromatic rings. The fourth-order valence-electron chi connectivity index (χ4n) is 8.15. The topological polar surface area (TPSA) is 263 Å². The summed E-state index contributed by atoms with van der Waals surface area (Å²) >= 11 is 1.27. The maximum absolute atomic E-state index is 13.2. The fourth-order valence-corrected chi connectivity index (χ4v) is 9.19. The number of nitrogens with one attached hydrogen (secondary N) is 3. The first kappa shape index (κ1) is 56.5. The lowest BCUT2D eigenvalue weighted by Crippen LogP contribution is -2.53. The van der Waals surface area contributed by atoms with Crippen molar-refractivity contribution in [2.45, 2.75) is 110 Å². The van der Waals surface area contributed by atoms with Crippen LogP contribution in [0.2, 0.25) is 0 Å². The van der Waals surface area contributed by atoms with Gasteiger partial charge in [0.25, 0.3) is 11.8 Å². The van der Waals surface area contributed by atoms with Crippen LogP contribution in [-0.2, 0) is 62.8 Å². The molecule has 0 bridgehead atoms. The number of ether oxygens (including phenoxy) is 5. The van der Waals surface area contributed by atoms with Gasteiger partial charge in [0.15, 0.2) is 28.8 Å². The maximum atomic E-state index is 13.2. The van der Waals surface area contributed by atoms with Crippen LogP contribution in [0.25, 0.3) is 10.1 Å². The summed E-state index contributed by atoms with van der Waals surface area (Å²) in [6.07, 6.45) is 4.28. The van der Waals surface area contributed by atoms with Crippen molar-refractivity contribution in [3.8, 4) is 23.0 Å². The molecule has 0 saturated carbocycles. The predicted octanol–water partition coefficient (Wildman–Crippen LogP) is 6.25. The Morgan fingerprint density at radius 1 is 0.693 bits per heavy atom. The third-order valence-corrected chi connectivity index (χ3v) is 13.5. The van der Waals surface area contributed by atoms with Crippen molar-refractivity contribution in [1.29, 1.82) is 0 Å². The number of nitrogens with zero attached hydrogens (tertiary/aromatic N) is 2. The lowest BCUT2D eigenvalue weighted by molar-refractivity contribution is -0.147. The van der Waals surface area contributed by atoms with Gasteiger partial charge in [0.2, 0.25) is 23.6 Å². The van der Waals surface area contributed by atoms with E-state index in [2.05, 4.69) is 16.0 Å². The minimum absolute atomic E-state index is 0.0549. The van der Waals surface area contributed by atoms with E-state index in [-0.39, 0.29) is 93.8 Å². The molecule has 2 aliphatic heterocycles. The fraction of sp³-hybridized carbons (Fsp3) is 0.426. The Labute approximate surface area is 438 Å². The van der Waals surface area contributed by atoms with E-state index in [1.807, 2.05) is 12.1 Å². The predicted molar refractivity (Wildman–Crippen MR) is 275 cm³/mol. The zero-order chi connectivity index (χ0) is 54.2. The Bertz CT molecular complexity index is 2790. The Kier molecular flexibility index (Phi) is 20.3. The summed E-state index contributed by atoms with van der Waals surface area (Å²) in [6.45, 7) is 6.54. The largest absolute Gasteiger partial charge is 0.493 e. The minimum atomic E-state index is -1.03. The number of carbonyl (C=O) groups excluding carboxylic acids is 8. The van der Waals surface area contributed by atoms with Crippen molar-refractivity contribution in [3.63, 3.8) is 0 Å². The Hall–Kier alpha value is -7.81. The summed E-state index contributed by atoms with van der Waals surface area (Å²) < 4.78 is 29.5. The monoisotopic (exact) mass is 1050 g/mol. The molecule has 400 valence electrons. The first-order valence-electron chi connectivity index (χ1n) is 24.7. The van der Waals surface area contributed by atoms with Gasteiger partial charge in [-0.25, -0.2) is 0 Å². The Balaban J connectivity index is 0.868. The van der Waals surface area contributed by atoms with E-state index in [4.69, 9.17) is 28.8 Å². The number of hydrogen-bond donors (Lipinski definition) is 4. The molecule has 20 nitrogen and oxygen atoms in total. The highest BCUT2D eigenvalue weighted by atomic mass is 32.1. The van der Waals surface area contributed by atoms with Crippen molar-refractivity contribution in [1.82, 2.24) is 20.4 Å². The van der Waals surface area contributed by atoms with Crippen molar-refractivity contribution in [2.75, 3.05) is 39.3 Å². The quantitative estimate of drug-likeness (QED) is 0.0203. The average Bonchev–Trinajstić information content (AvgIpc) is 4.10. The van der Waals surface area contributed by atoms with Crippen molar-refractivity contribution in [3.05, 3.63) is 88.3 Å². The standard InChI is InChI=1S/C54H63N5O15S/c1-32(2)52(57-46(61)10-7-6-8-21-59-48(63)16-17-49(59)64)54(69)55-33(3)53(68)56-38-13-11-34(12-14-38)31-74-51(67)20-18-47(62)58-29-36-25-40(70-4)43(26-37(36)30-58)73-23-9-22-72-42-24-35-27-45(39(60)15-19-50(65)66)75-44(35)28-41(42)71-5/h11-14,16-17,24-28,32-33,52H,6-10,15,18-23,29-31H2,1-5H3,(H,55,69)(H,56,68)(H,57,61)(H,65,66)/t33-,52-/m0/s1. The van der Waals surface area contributed by atoms with Crippen LogP contribution in [0.5, 0.6) is 23.0 Å². The SMILES string of the molecule is COc1cc2c(cc1OCCCOc1cc3cc(C(=O)CCC(=O)O)sc3cc1OC)CN(C(=O)CCC(=O)OCc1ccc(NC(=O)[C@H](C)NC(=O)[C@@H](NC(=O)CCCCCN3C(=O)C=CC3=O)C(C)C)cc1)C2. The van der Waals surface area contributed by atoms with Crippen LogP contribution in [0.1, 0.15) is 105 Å². The number of hydrogen-bond acceptors (Lipinski definition) is 15. The van der Waals surface area contributed by atoms with Gasteiger partial charge in [-0.15, -0.1) is 11.3 Å². The van der Waals surface area contributed by atoms with Gasteiger partial charge in [0.1, 0.15) is 18.7 Å². The van der Waals surface area contributed by atoms with Gasteiger partial charge >= 0.3 is 11.9 Å². The normalized spacial score (nSPS) is 13.6. The molecule has 21 heteroatoms. The number of aliphatic carboxylic acids is 1. The summed E-state index contributed by atoms with van der Waals surface area (Å²) in [6, 6.07) is 13.8. The second kappa shape index (κ2) is 26.9. The van der Waals surface area contributed by atoms with Gasteiger partial charge in [-0.2, -0.15) is 0 Å². The van der Waals surface area contributed by atoms with E-state index < -0.39 is 35.8 Å². The van der Waals surface area contributed by atoms with E-state index in [0.717, 1.165) is 26.1 Å². The number of methoxy groups -OCH3 is 2. The molecule has 0 saturated heterocycles. The molecular weight excluding hydrogens is 991 g/mol. The number of fused-ring (bicyclic) bond motifs is 2. The number of carboxylic acids is 1. The molecule has 4 N–H and O–H groups in total. The van der Waals surface area contributed by atoms with Crippen LogP contribution >= 0.6 is 11.3 Å². The molecule has 6 amide bonds. The van der Waals surface area contributed by atoms with Crippen molar-refractivity contribution < 1.29 is 71.9 Å². The number of Topliss-reactive ketones (excluding diaryl/α,β-unsaturated/α-hetero) is 1. The number of esters is 1. The molecule has 0 fully saturated rings. The highest BCUT2D eigenvalue weighted by molar-refractivity contribution is 7.20. The van der Waals surface area contributed by atoms with E-state index in [1.54, 1.807) is 61.2 Å². The molecule has 0 radical (unpaired) electrons. The third kappa shape index (κ3) is 16.1. The molecule has 3 heterocycles. The molecule has 75 heavy (non-hydrogen) atoms. The number of benzene rings is 3. The summed E-state index contributed by atoms with van der Waals surface area (Å²) in [5.74, 6) is -2.33. The van der Waals surface area contributed by atoms with Gasteiger partial charge in [-0.05, 0) is 84.2 Å². The summed E-state index contributed by atoms with van der Waals surface area (Å²) in [4.78, 5) is 115. The first-order valence-corrected chi connectivity index (χ1v) is 25.5. The molecule has 2 atom stereocenters. The molecule has 0 unspecified atom stereocenters. The Morgan fingerprint density at radius 2 is 1.33 bits per heavy atom. The number of rotatable bonds is 29. The second-order valence-electron chi connectivity index (χ2n) is 18.4. The second-order valence-corrected chi connectivity index (χ2v) is 19.5. The summed E-state index contributed by atoms with van der Waals surface area (Å²) in [7, 11) is 3.06. The maximum Gasteiger partial charge on any atom is 0.306 e. The Morgan fingerprint density at radius 3 is 1.97 bits per heavy atom. The van der Waals surface area contributed by atoms with E-state index >= 15 is 0 Å². The summed E-state index contributed by atoms with van der Waals surface area (Å²) in [5.41, 5.74) is 2.87. The molecule has 0 aliphatic carbocycles. The smallest absolute Gasteiger partial charge is 0.306 e. The first-order chi connectivity index (χ1) is 35.9. The van der Waals surface area contributed by atoms with Crippen LogP contribution in [0.3, 0.4) is 0 Å². The molecule has 0 spiro atoms. The minimum Gasteiger partial charge on any atom is -0.493 e. The van der Waals surface area contributed by atoms with Crippen LogP contribution in [0, 0.1) is 5.92 Å². The lowest BCUT2D eigenvalue weighted by atomic mass is 10.0. The zero-order valence-corrected chi connectivity index (χ0v) is 43.5.